The Hall–Kier alpha value is -0.770. The summed E-state index contributed by atoms with van der Waals surface area (Å²) in [7, 11) is 0. The van der Waals surface area contributed by atoms with E-state index in [4.69, 9.17) is 5.73 Å². The van der Waals surface area contributed by atoms with Crippen molar-refractivity contribution >= 4 is 18.1 Å². The monoisotopic (exact) mass is 268 g/mol. The van der Waals surface area contributed by atoms with Gasteiger partial charge in [-0.3, -0.25) is 4.90 Å². The number of benzene rings is 1. The largest absolute Gasteiger partial charge is 0.399 e. The Kier molecular flexibility index (Phi) is 4.15. The van der Waals surface area contributed by atoms with Crippen LogP contribution in [-0.2, 0) is 6.54 Å². The first-order chi connectivity index (χ1) is 8.22. The van der Waals surface area contributed by atoms with Crippen molar-refractivity contribution in [3.63, 3.8) is 0 Å². The predicted molar refractivity (Wildman–Crippen MR) is 75.7 cm³/mol. The smallest absolute Gasteiger partial charge is 0.0570 e. The van der Waals surface area contributed by atoms with Gasteiger partial charge in [-0.2, -0.15) is 0 Å². The van der Waals surface area contributed by atoms with Gasteiger partial charge in [-0.05, 0) is 43.4 Å². The van der Waals surface area contributed by atoms with Crippen LogP contribution < -0.4 is 5.73 Å². The summed E-state index contributed by atoms with van der Waals surface area (Å²) in [6.45, 7) is 0.979. The Labute approximate surface area is 114 Å². The maximum atomic E-state index is 9.77. The molecule has 100 valence electrons. The van der Waals surface area contributed by atoms with E-state index in [1.54, 1.807) is 0 Å². The Morgan fingerprint density at radius 2 is 1.89 bits per heavy atom. The molecule has 2 bridgehead atoms. The van der Waals surface area contributed by atoms with Crippen molar-refractivity contribution in [2.24, 2.45) is 0 Å². The highest BCUT2D eigenvalue weighted by atomic mass is 35.5. The lowest BCUT2D eigenvalue weighted by atomic mass is 9.99. The van der Waals surface area contributed by atoms with Crippen LogP contribution in [0.25, 0.3) is 0 Å². The molecule has 1 aromatic carbocycles. The van der Waals surface area contributed by atoms with Crippen LogP contribution in [0.3, 0.4) is 0 Å². The summed E-state index contributed by atoms with van der Waals surface area (Å²) in [6.07, 6.45) is 4.29. The molecule has 2 fully saturated rings. The molecule has 18 heavy (non-hydrogen) atoms. The molecule has 0 spiro atoms. The van der Waals surface area contributed by atoms with E-state index < -0.39 is 0 Å². The molecule has 2 saturated heterocycles. The summed E-state index contributed by atoms with van der Waals surface area (Å²) in [5, 5.41) is 9.77. The first-order valence-corrected chi connectivity index (χ1v) is 6.50. The summed E-state index contributed by atoms with van der Waals surface area (Å²) < 4.78 is 0. The van der Waals surface area contributed by atoms with Crippen molar-refractivity contribution in [3.8, 4) is 0 Å². The van der Waals surface area contributed by atoms with Gasteiger partial charge in [0.2, 0.25) is 0 Å². The lowest BCUT2D eigenvalue weighted by Crippen LogP contribution is -2.44. The summed E-state index contributed by atoms with van der Waals surface area (Å²) in [4.78, 5) is 2.56. The van der Waals surface area contributed by atoms with Gasteiger partial charge in [0.1, 0.15) is 0 Å². The molecule has 0 aromatic heterocycles. The minimum atomic E-state index is -0.0791. The molecule has 2 atom stereocenters. The molecule has 4 heteroatoms. The van der Waals surface area contributed by atoms with E-state index >= 15 is 0 Å². The van der Waals surface area contributed by atoms with Crippen LogP contribution in [0.1, 0.15) is 31.2 Å². The number of nitrogens with zero attached hydrogens (tertiary/aromatic N) is 1. The van der Waals surface area contributed by atoms with E-state index in [1.165, 1.54) is 18.4 Å². The number of anilines is 1. The van der Waals surface area contributed by atoms with E-state index in [-0.39, 0.29) is 18.5 Å². The van der Waals surface area contributed by atoms with Gasteiger partial charge in [0.15, 0.2) is 0 Å². The second-order valence-corrected chi connectivity index (χ2v) is 5.43. The molecule has 1 aromatic rings. The highest BCUT2D eigenvalue weighted by Crippen LogP contribution is 2.36. The maximum Gasteiger partial charge on any atom is 0.0570 e. The van der Waals surface area contributed by atoms with Gasteiger partial charge >= 0.3 is 0 Å². The highest BCUT2D eigenvalue weighted by Gasteiger charge is 2.39. The Bertz CT molecular complexity index is 399. The number of hydrogen-bond acceptors (Lipinski definition) is 3. The molecule has 2 unspecified atom stereocenters. The van der Waals surface area contributed by atoms with Crippen LogP contribution >= 0.6 is 12.4 Å². The van der Waals surface area contributed by atoms with Crippen molar-refractivity contribution in [2.45, 2.75) is 50.4 Å². The van der Waals surface area contributed by atoms with Gasteiger partial charge < -0.3 is 10.8 Å². The van der Waals surface area contributed by atoms with Crippen molar-refractivity contribution in [1.82, 2.24) is 4.90 Å². The zero-order valence-electron chi connectivity index (χ0n) is 10.5. The topological polar surface area (TPSA) is 49.5 Å². The molecule has 3 N–H and O–H groups in total. The average molecular weight is 269 g/mol. The van der Waals surface area contributed by atoms with Gasteiger partial charge in [-0.15, -0.1) is 12.4 Å². The first-order valence-electron chi connectivity index (χ1n) is 6.50. The molecule has 3 nitrogen and oxygen atoms in total. The summed E-state index contributed by atoms with van der Waals surface area (Å²) >= 11 is 0. The van der Waals surface area contributed by atoms with Gasteiger partial charge in [-0.1, -0.05) is 12.1 Å². The average Bonchev–Trinajstić information content (AvgIpc) is 2.54. The number of aliphatic hydroxyl groups is 1. The van der Waals surface area contributed by atoms with E-state index in [1.807, 2.05) is 12.1 Å². The van der Waals surface area contributed by atoms with Crippen molar-refractivity contribution < 1.29 is 5.11 Å². The van der Waals surface area contributed by atoms with E-state index in [9.17, 15) is 5.11 Å². The lowest BCUT2D eigenvalue weighted by molar-refractivity contribution is 0.0310. The van der Waals surface area contributed by atoms with Crippen molar-refractivity contribution in [1.29, 1.82) is 0 Å². The third-order valence-electron chi connectivity index (χ3n) is 4.18. The number of nitrogens with two attached hydrogens (primary N) is 1. The number of fused-ring (bicyclic) bond motifs is 2. The summed E-state index contributed by atoms with van der Waals surface area (Å²) in [5.74, 6) is 0. The van der Waals surface area contributed by atoms with Crippen LogP contribution in [0.2, 0.25) is 0 Å². The molecule has 0 amide bonds. The third-order valence-corrected chi connectivity index (χ3v) is 4.18. The second-order valence-electron chi connectivity index (χ2n) is 5.43. The van der Waals surface area contributed by atoms with Gasteiger partial charge in [-0.25, -0.2) is 0 Å². The molecule has 0 radical (unpaired) electrons. The minimum Gasteiger partial charge on any atom is -0.399 e. The van der Waals surface area contributed by atoms with E-state index in [0.29, 0.717) is 12.1 Å². The number of hydrogen-bond donors (Lipinski definition) is 2. The SMILES string of the molecule is Cl.Nc1cccc(CN2C3CCC2CC(O)C3)c1. The summed E-state index contributed by atoms with van der Waals surface area (Å²) in [5.41, 5.74) is 7.94. The zero-order chi connectivity index (χ0) is 11.8. The minimum absolute atomic E-state index is 0. The number of rotatable bonds is 2. The Morgan fingerprint density at radius 3 is 2.50 bits per heavy atom. The normalized spacial score (nSPS) is 31.1. The predicted octanol–water partition coefficient (Wildman–Crippen LogP) is 2.18. The third kappa shape index (κ3) is 2.63. The van der Waals surface area contributed by atoms with Crippen molar-refractivity contribution in [3.05, 3.63) is 29.8 Å². The van der Waals surface area contributed by atoms with Crippen LogP contribution in [-0.4, -0.2) is 28.2 Å². The number of piperidine rings is 1. The molecular formula is C14H21ClN2O. The van der Waals surface area contributed by atoms with Gasteiger partial charge in [0.25, 0.3) is 0 Å². The fraction of sp³-hybridized carbons (Fsp3) is 0.571. The van der Waals surface area contributed by atoms with Crippen LogP contribution in [0.5, 0.6) is 0 Å². The molecule has 0 aliphatic carbocycles. The molecule has 2 aliphatic rings. The Balaban J connectivity index is 0.00000120. The fourth-order valence-electron chi connectivity index (χ4n) is 3.41. The fourth-order valence-corrected chi connectivity index (χ4v) is 3.41. The molecule has 0 saturated carbocycles. The standard InChI is InChI=1S/C14H20N2O.ClH/c15-11-3-1-2-10(6-11)9-16-12-4-5-13(16)8-14(17)7-12;/h1-3,6,12-14,17H,4-5,7-9,15H2;1H. The lowest BCUT2D eigenvalue weighted by Gasteiger charge is -2.37. The maximum absolute atomic E-state index is 9.77. The second kappa shape index (κ2) is 5.47. The van der Waals surface area contributed by atoms with E-state index in [0.717, 1.165) is 25.1 Å². The van der Waals surface area contributed by atoms with Crippen molar-refractivity contribution in [2.75, 3.05) is 5.73 Å². The number of halogens is 1. The van der Waals surface area contributed by atoms with Crippen LogP contribution in [0.4, 0.5) is 5.69 Å². The van der Waals surface area contributed by atoms with Gasteiger partial charge in [0.05, 0.1) is 6.10 Å². The molecule has 2 heterocycles. The molecular weight excluding hydrogens is 248 g/mol. The highest BCUT2D eigenvalue weighted by molar-refractivity contribution is 5.85. The zero-order valence-corrected chi connectivity index (χ0v) is 11.3. The number of nitrogen functional groups attached to an aromatic ring is 1. The van der Waals surface area contributed by atoms with E-state index in [2.05, 4.69) is 17.0 Å². The quantitative estimate of drug-likeness (QED) is 0.809. The van der Waals surface area contributed by atoms with Gasteiger partial charge in [0, 0.05) is 24.3 Å². The molecule has 2 aliphatic heterocycles. The summed E-state index contributed by atoms with van der Waals surface area (Å²) in [6, 6.07) is 9.30. The van der Waals surface area contributed by atoms with Crippen LogP contribution in [0.15, 0.2) is 24.3 Å². The number of aliphatic hydroxyl groups excluding tert-OH is 1. The van der Waals surface area contributed by atoms with Crippen LogP contribution in [0, 0.1) is 0 Å². The first kappa shape index (κ1) is 13.7. The Morgan fingerprint density at radius 1 is 1.22 bits per heavy atom. The molecule has 3 rings (SSSR count).